The van der Waals surface area contributed by atoms with Crippen LogP contribution in [0.4, 0.5) is 5.69 Å². The molecular formula is C16H22N2O6. The van der Waals surface area contributed by atoms with Crippen LogP contribution in [0.25, 0.3) is 0 Å². The van der Waals surface area contributed by atoms with Gasteiger partial charge in [-0.2, -0.15) is 0 Å². The van der Waals surface area contributed by atoms with E-state index in [1.54, 1.807) is 24.3 Å². The zero-order valence-corrected chi connectivity index (χ0v) is 13.3. The molecule has 8 heteroatoms. The highest BCUT2D eigenvalue weighted by Gasteiger charge is 2.43. The molecule has 8 nitrogen and oxygen atoms in total. The fourth-order valence-electron chi connectivity index (χ4n) is 2.48. The lowest BCUT2D eigenvalue weighted by Crippen LogP contribution is -2.40. The smallest absolute Gasteiger partial charge is 0.246 e. The quantitative estimate of drug-likeness (QED) is 0.521. The number of nitrogens with one attached hydrogen (secondary N) is 2. The summed E-state index contributed by atoms with van der Waals surface area (Å²) in [6.45, 7) is -0.0779. The highest BCUT2D eigenvalue weighted by Crippen LogP contribution is 2.23. The third kappa shape index (κ3) is 5.00. The van der Waals surface area contributed by atoms with Crippen molar-refractivity contribution >= 4 is 17.5 Å². The number of anilines is 1. The van der Waals surface area contributed by atoms with Crippen molar-refractivity contribution < 1.29 is 29.3 Å². The number of rotatable bonds is 7. The van der Waals surface area contributed by atoms with Gasteiger partial charge in [0.25, 0.3) is 0 Å². The molecule has 1 heterocycles. The number of amides is 2. The van der Waals surface area contributed by atoms with Gasteiger partial charge in [-0.25, -0.2) is 0 Å². The zero-order chi connectivity index (χ0) is 17.5. The first kappa shape index (κ1) is 18.3. The van der Waals surface area contributed by atoms with Crippen LogP contribution in [0, 0.1) is 0 Å². The van der Waals surface area contributed by atoms with Crippen molar-refractivity contribution in [1.82, 2.24) is 5.32 Å². The van der Waals surface area contributed by atoms with Crippen LogP contribution in [0.3, 0.4) is 0 Å². The van der Waals surface area contributed by atoms with Gasteiger partial charge in [0.05, 0.1) is 12.5 Å². The fourth-order valence-corrected chi connectivity index (χ4v) is 2.48. The van der Waals surface area contributed by atoms with E-state index in [9.17, 15) is 19.8 Å². The monoisotopic (exact) mass is 338 g/mol. The number of aliphatic hydroxyl groups excluding tert-OH is 2. The Balaban J connectivity index is 1.83. The minimum absolute atomic E-state index is 0.0250. The summed E-state index contributed by atoms with van der Waals surface area (Å²) in [5, 5.41) is 25.2. The lowest BCUT2D eigenvalue weighted by molar-refractivity contribution is -0.126. The maximum atomic E-state index is 12.0. The van der Waals surface area contributed by atoms with Gasteiger partial charge in [0.1, 0.15) is 24.9 Å². The first-order chi connectivity index (χ1) is 11.5. The molecule has 1 aliphatic rings. The van der Waals surface area contributed by atoms with Crippen LogP contribution in [-0.4, -0.2) is 66.7 Å². The first-order valence-corrected chi connectivity index (χ1v) is 7.63. The molecule has 0 saturated carbocycles. The van der Waals surface area contributed by atoms with Crippen molar-refractivity contribution in [3.8, 4) is 0 Å². The van der Waals surface area contributed by atoms with E-state index in [1.165, 1.54) is 7.11 Å². The zero-order valence-electron chi connectivity index (χ0n) is 13.3. The van der Waals surface area contributed by atoms with Crippen molar-refractivity contribution in [2.45, 2.75) is 30.8 Å². The van der Waals surface area contributed by atoms with E-state index in [2.05, 4.69) is 15.4 Å². The fraction of sp³-hybridized carbons (Fsp3) is 0.500. The number of para-hydroxylation sites is 1. The van der Waals surface area contributed by atoms with Crippen LogP contribution in [0.15, 0.2) is 30.3 Å². The number of ether oxygens (including phenoxy) is 2. The lowest BCUT2D eigenvalue weighted by atomic mass is 10.1. The Morgan fingerprint density at radius 1 is 1.12 bits per heavy atom. The van der Waals surface area contributed by atoms with Gasteiger partial charge in [-0.05, 0) is 12.1 Å². The average molecular weight is 338 g/mol. The normalized spacial score (nSPS) is 26.1. The molecular weight excluding hydrogens is 316 g/mol. The molecule has 1 aromatic rings. The molecule has 132 valence electrons. The van der Waals surface area contributed by atoms with Crippen LogP contribution in [0.2, 0.25) is 0 Å². The summed E-state index contributed by atoms with van der Waals surface area (Å²) in [4.78, 5) is 23.4. The molecule has 0 aromatic heterocycles. The molecule has 2 rings (SSSR count). The summed E-state index contributed by atoms with van der Waals surface area (Å²) < 4.78 is 10.2. The van der Waals surface area contributed by atoms with Gasteiger partial charge in [-0.15, -0.1) is 0 Å². The third-order valence-corrected chi connectivity index (χ3v) is 3.68. The summed E-state index contributed by atoms with van der Waals surface area (Å²) in [6, 6.07) is 8.90. The number of carbonyl (C=O) groups excluding carboxylic acids is 2. The number of hydrogen-bond acceptors (Lipinski definition) is 6. The summed E-state index contributed by atoms with van der Waals surface area (Å²) in [6.07, 6.45) is -4.10. The van der Waals surface area contributed by atoms with Crippen molar-refractivity contribution in [2.24, 2.45) is 0 Å². The second-order valence-corrected chi connectivity index (χ2v) is 5.55. The molecule has 0 bridgehead atoms. The molecule has 0 radical (unpaired) electrons. The van der Waals surface area contributed by atoms with Crippen LogP contribution < -0.4 is 10.6 Å². The molecule has 4 N–H and O–H groups in total. The van der Waals surface area contributed by atoms with Crippen LogP contribution in [0.5, 0.6) is 0 Å². The van der Waals surface area contributed by atoms with Crippen molar-refractivity contribution in [3.63, 3.8) is 0 Å². The molecule has 4 atom stereocenters. The second kappa shape index (κ2) is 8.74. The molecule has 1 fully saturated rings. The number of methoxy groups -OCH3 is 1. The van der Waals surface area contributed by atoms with E-state index in [0.29, 0.717) is 5.69 Å². The number of aliphatic hydroxyl groups is 2. The summed E-state index contributed by atoms with van der Waals surface area (Å²) in [5.74, 6) is -0.686. The first-order valence-electron chi connectivity index (χ1n) is 7.63. The number of carbonyl (C=O) groups is 2. The van der Waals surface area contributed by atoms with Crippen LogP contribution in [-0.2, 0) is 19.1 Å². The second-order valence-electron chi connectivity index (χ2n) is 5.55. The Bertz CT molecular complexity index is 553. The Kier molecular flexibility index (Phi) is 6.68. The minimum Gasteiger partial charge on any atom is -0.388 e. The van der Waals surface area contributed by atoms with E-state index in [0.717, 1.165) is 0 Å². The summed E-state index contributed by atoms with van der Waals surface area (Å²) in [7, 11) is 1.39. The van der Waals surface area contributed by atoms with Crippen LogP contribution in [0.1, 0.15) is 6.42 Å². The van der Waals surface area contributed by atoms with E-state index in [4.69, 9.17) is 4.74 Å². The van der Waals surface area contributed by atoms with Gasteiger partial charge in [-0.1, -0.05) is 18.2 Å². The largest absolute Gasteiger partial charge is 0.388 e. The van der Waals surface area contributed by atoms with E-state index in [-0.39, 0.29) is 31.4 Å². The highest BCUT2D eigenvalue weighted by molar-refractivity contribution is 5.91. The van der Waals surface area contributed by atoms with E-state index < -0.39 is 24.4 Å². The van der Waals surface area contributed by atoms with Gasteiger partial charge in [0.2, 0.25) is 11.8 Å². The molecule has 0 aliphatic carbocycles. The summed E-state index contributed by atoms with van der Waals surface area (Å²) >= 11 is 0. The third-order valence-electron chi connectivity index (χ3n) is 3.68. The van der Waals surface area contributed by atoms with Gasteiger partial charge < -0.3 is 30.3 Å². The molecule has 0 spiro atoms. The molecule has 1 aliphatic heterocycles. The Labute approximate surface area is 139 Å². The maximum absolute atomic E-state index is 12.0. The Morgan fingerprint density at radius 2 is 1.79 bits per heavy atom. The van der Waals surface area contributed by atoms with Gasteiger partial charge in [0, 0.05) is 19.3 Å². The highest BCUT2D eigenvalue weighted by atomic mass is 16.5. The predicted octanol–water partition coefficient (Wildman–Crippen LogP) is -0.733. The van der Waals surface area contributed by atoms with Crippen LogP contribution >= 0.6 is 0 Å². The molecule has 1 saturated heterocycles. The molecule has 0 unspecified atom stereocenters. The average Bonchev–Trinajstić information content (AvgIpc) is 2.82. The topological polar surface area (TPSA) is 117 Å². The Morgan fingerprint density at radius 3 is 2.46 bits per heavy atom. The number of hydrogen-bond donors (Lipinski definition) is 4. The van der Waals surface area contributed by atoms with Gasteiger partial charge >= 0.3 is 0 Å². The molecule has 2 amide bonds. The van der Waals surface area contributed by atoms with E-state index in [1.807, 2.05) is 6.07 Å². The van der Waals surface area contributed by atoms with Gasteiger partial charge in [-0.3, -0.25) is 9.59 Å². The van der Waals surface area contributed by atoms with Crippen molar-refractivity contribution in [3.05, 3.63) is 30.3 Å². The molecule has 24 heavy (non-hydrogen) atoms. The lowest BCUT2D eigenvalue weighted by Gasteiger charge is -2.15. The summed E-state index contributed by atoms with van der Waals surface area (Å²) in [5.41, 5.74) is 0.638. The standard InChI is InChI=1S/C16H22N2O6/c1-23-9-14(20)17-8-12-16(22)15(21)11(24-12)7-13(19)18-10-5-3-2-4-6-10/h2-6,11-12,15-16,21-22H,7-9H2,1H3,(H,17,20)(H,18,19)/t11-,12-,15-,16+/m0/s1. The molecule has 1 aromatic carbocycles. The Hall–Kier alpha value is -2.00. The SMILES string of the molecule is COCC(=O)NC[C@@H]1O[C@@H](CC(=O)Nc2ccccc2)[C@H](O)[C@@H]1O. The van der Waals surface area contributed by atoms with E-state index >= 15 is 0 Å². The minimum atomic E-state index is -1.20. The van der Waals surface area contributed by atoms with Crippen molar-refractivity contribution in [1.29, 1.82) is 0 Å². The maximum Gasteiger partial charge on any atom is 0.246 e. The number of benzene rings is 1. The predicted molar refractivity (Wildman–Crippen MR) is 85.2 cm³/mol. The van der Waals surface area contributed by atoms with Crippen molar-refractivity contribution in [2.75, 3.05) is 25.6 Å². The van der Waals surface area contributed by atoms with Gasteiger partial charge in [0.15, 0.2) is 0 Å².